The highest BCUT2D eigenvalue weighted by atomic mass is 35.5. The quantitative estimate of drug-likeness (QED) is 0.897. The minimum absolute atomic E-state index is 0.0710. The van der Waals surface area contributed by atoms with Crippen molar-refractivity contribution in [2.45, 2.75) is 50.0 Å². The number of aryl methyl sites for hydroxylation is 1. The number of halogens is 1. The van der Waals surface area contributed by atoms with E-state index in [1.165, 1.54) is 0 Å². The number of hydrogen-bond donors (Lipinski definition) is 1. The molecule has 2 aliphatic carbocycles. The Balaban J connectivity index is 1.59. The van der Waals surface area contributed by atoms with Gasteiger partial charge in [0.25, 0.3) is 0 Å². The fraction of sp³-hybridized carbons (Fsp3) is 0.421. The van der Waals surface area contributed by atoms with Crippen molar-refractivity contribution in [1.82, 2.24) is 5.32 Å². The molecule has 1 saturated carbocycles. The van der Waals surface area contributed by atoms with Crippen molar-refractivity contribution in [2.24, 2.45) is 0 Å². The Kier molecular flexibility index (Phi) is 3.68. The lowest BCUT2D eigenvalue weighted by Crippen LogP contribution is -2.50. The summed E-state index contributed by atoms with van der Waals surface area (Å²) in [6.45, 7) is 0. The van der Waals surface area contributed by atoms with Gasteiger partial charge < -0.3 is 9.73 Å². The molecule has 0 bridgehead atoms. The van der Waals surface area contributed by atoms with Crippen molar-refractivity contribution >= 4 is 17.5 Å². The molecule has 1 aromatic heterocycles. The summed E-state index contributed by atoms with van der Waals surface area (Å²) in [5.41, 5.74) is 1.77. The largest absolute Gasteiger partial charge is 0.469 e. The number of fused-ring (bicyclic) bond motifs is 1. The number of amides is 1. The molecule has 120 valence electrons. The molecule has 1 heterocycles. The summed E-state index contributed by atoms with van der Waals surface area (Å²) in [6, 6.07) is 9.81. The van der Waals surface area contributed by atoms with E-state index in [4.69, 9.17) is 16.0 Å². The zero-order chi connectivity index (χ0) is 15.9. The van der Waals surface area contributed by atoms with Crippen LogP contribution in [-0.2, 0) is 16.6 Å². The minimum Gasteiger partial charge on any atom is -0.469 e. The Bertz CT molecular complexity index is 732. The lowest BCUT2D eigenvalue weighted by atomic mass is 9.63. The Morgan fingerprint density at radius 2 is 2.13 bits per heavy atom. The van der Waals surface area contributed by atoms with Gasteiger partial charge in [0.1, 0.15) is 5.76 Å². The van der Waals surface area contributed by atoms with E-state index in [1.54, 1.807) is 6.26 Å². The predicted molar refractivity (Wildman–Crippen MR) is 89.5 cm³/mol. The molecule has 3 nitrogen and oxygen atoms in total. The molecule has 23 heavy (non-hydrogen) atoms. The molecule has 4 rings (SSSR count). The smallest absolute Gasteiger partial charge is 0.231 e. The van der Waals surface area contributed by atoms with Gasteiger partial charge in [0.05, 0.1) is 17.7 Å². The van der Waals surface area contributed by atoms with E-state index < -0.39 is 5.41 Å². The van der Waals surface area contributed by atoms with E-state index in [0.717, 1.165) is 55.4 Å². The van der Waals surface area contributed by atoms with Crippen LogP contribution in [0.4, 0.5) is 0 Å². The monoisotopic (exact) mass is 329 g/mol. The number of nitrogens with one attached hydrogen (secondary N) is 1. The van der Waals surface area contributed by atoms with Crippen LogP contribution in [0.5, 0.6) is 0 Å². The van der Waals surface area contributed by atoms with Gasteiger partial charge >= 0.3 is 0 Å². The number of hydrogen-bond acceptors (Lipinski definition) is 2. The highest BCUT2D eigenvalue weighted by Gasteiger charge is 2.46. The summed E-state index contributed by atoms with van der Waals surface area (Å²) in [7, 11) is 0. The molecule has 1 fully saturated rings. The Morgan fingerprint density at radius 1 is 1.26 bits per heavy atom. The van der Waals surface area contributed by atoms with Crippen molar-refractivity contribution in [3.05, 3.63) is 58.5 Å². The average molecular weight is 330 g/mol. The zero-order valence-electron chi connectivity index (χ0n) is 13.0. The van der Waals surface area contributed by atoms with Gasteiger partial charge in [-0.1, -0.05) is 30.2 Å². The molecule has 0 aliphatic heterocycles. The van der Waals surface area contributed by atoms with E-state index in [1.807, 2.05) is 30.3 Å². The van der Waals surface area contributed by atoms with Crippen LogP contribution >= 0.6 is 11.6 Å². The minimum atomic E-state index is -0.410. The van der Waals surface area contributed by atoms with E-state index in [2.05, 4.69) is 5.32 Å². The van der Waals surface area contributed by atoms with Gasteiger partial charge in [0.15, 0.2) is 0 Å². The van der Waals surface area contributed by atoms with E-state index >= 15 is 0 Å². The maximum Gasteiger partial charge on any atom is 0.231 e. The van der Waals surface area contributed by atoms with Gasteiger partial charge in [-0.2, -0.15) is 0 Å². The predicted octanol–water partition coefficient (Wildman–Crippen LogP) is 4.55. The molecule has 1 aromatic carbocycles. The Morgan fingerprint density at radius 3 is 2.87 bits per heavy atom. The first-order valence-corrected chi connectivity index (χ1v) is 8.70. The fourth-order valence-corrected chi connectivity index (χ4v) is 4.09. The molecule has 1 amide bonds. The lowest BCUT2D eigenvalue weighted by Gasteiger charge is -2.42. The van der Waals surface area contributed by atoms with Crippen LogP contribution in [0.1, 0.15) is 55.0 Å². The average Bonchev–Trinajstić information content (AvgIpc) is 2.96. The van der Waals surface area contributed by atoms with Crippen LogP contribution in [0.15, 0.2) is 41.0 Å². The Labute approximate surface area is 141 Å². The number of furan rings is 1. The first-order valence-electron chi connectivity index (χ1n) is 8.32. The second-order valence-corrected chi connectivity index (χ2v) is 7.10. The van der Waals surface area contributed by atoms with Crippen molar-refractivity contribution in [1.29, 1.82) is 0 Å². The maximum absolute atomic E-state index is 13.1. The van der Waals surface area contributed by atoms with Crippen LogP contribution in [-0.4, -0.2) is 5.91 Å². The second-order valence-electron chi connectivity index (χ2n) is 6.66. The normalized spacial score (nSPS) is 22.0. The maximum atomic E-state index is 13.1. The molecule has 0 radical (unpaired) electrons. The topological polar surface area (TPSA) is 42.2 Å². The summed E-state index contributed by atoms with van der Waals surface area (Å²) in [5.74, 6) is 1.15. The molecule has 4 heteroatoms. The molecule has 2 aliphatic rings. The van der Waals surface area contributed by atoms with Gasteiger partial charge in [0, 0.05) is 17.0 Å². The SMILES string of the molecule is O=C(NC1CCCc2occc21)C1(c2cccc(Cl)c2)CCC1. The van der Waals surface area contributed by atoms with Crippen LogP contribution in [0.2, 0.25) is 5.02 Å². The third-order valence-corrected chi connectivity index (χ3v) is 5.61. The molecule has 2 aromatic rings. The highest BCUT2D eigenvalue weighted by molar-refractivity contribution is 6.30. The van der Waals surface area contributed by atoms with Gasteiger partial charge in [-0.25, -0.2) is 0 Å². The number of carbonyl (C=O) groups is 1. The van der Waals surface area contributed by atoms with Gasteiger partial charge in [-0.15, -0.1) is 0 Å². The molecular formula is C19H20ClNO2. The van der Waals surface area contributed by atoms with Crippen molar-refractivity contribution in [2.75, 3.05) is 0 Å². The molecule has 0 spiro atoms. The van der Waals surface area contributed by atoms with Crippen LogP contribution in [0.3, 0.4) is 0 Å². The highest BCUT2D eigenvalue weighted by Crippen LogP contribution is 2.45. The summed E-state index contributed by atoms with van der Waals surface area (Å²) >= 11 is 6.14. The van der Waals surface area contributed by atoms with Crippen LogP contribution < -0.4 is 5.32 Å². The molecule has 1 N–H and O–H groups in total. The first-order chi connectivity index (χ1) is 11.2. The van der Waals surface area contributed by atoms with E-state index in [0.29, 0.717) is 5.02 Å². The van der Waals surface area contributed by atoms with Crippen molar-refractivity contribution in [3.63, 3.8) is 0 Å². The first kappa shape index (κ1) is 14.8. The van der Waals surface area contributed by atoms with Crippen LogP contribution in [0, 0.1) is 0 Å². The van der Waals surface area contributed by atoms with E-state index in [-0.39, 0.29) is 11.9 Å². The lowest BCUT2D eigenvalue weighted by molar-refractivity contribution is -0.130. The summed E-state index contributed by atoms with van der Waals surface area (Å²) < 4.78 is 5.53. The summed E-state index contributed by atoms with van der Waals surface area (Å²) in [5, 5.41) is 3.97. The van der Waals surface area contributed by atoms with Gasteiger partial charge in [-0.05, 0) is 49.4 Å². The second kappa shape index (κ2) is 5.72. The summed E-state index contributed by atoms with van der Waals surface area (Å²) in [6.07, 6.45) is 7.59. The Hall–Kier alpha value is -1.74. The number of benzene rings is 1. The van der Waals surface area contributed by atoms with Crippen molar-refractivity contribution in [3.8, 4) is 0 Å². The number of carbonyl (C=O) groups excluding carboxylic acids is 1. The van der Waals surface area contributed by atoms with Crippen LogP contribution in [0.25, 0.3) is 0 Å². The van der Waals surface area contributed by atoms with E-state index in [9.17, 15) is 4.79 Å². The zero-order valence-corrected chi connectivity index (χ0v) is 13.7. The third kappa shape index (κ3) is 2.47. The molecular weight excluding hydrogens is 310 g/mol. The molecule has 1 unspecified atom stereocenters. The van der Waals surface area contributed by atoms with Gasteiger partial charge in [-0.3, -0.25) is 4.79 Å². The standard InChI is InChI=1S/C19H20ClNO2/c20-14-5-1-4-13(12-14)19(9-3-10-19)18(22)21-16-6-2-7-17-15(16)8-11-23-17/h1,4-5,8,11-12,16H,2-3,6-7,9-10H2,(H,21,22). The fourth-order valence-electron chi connectivity index (χ4n) is 3.90. The summed E-state index contributed by atoms with van der Waals surface area (Å²) in [4.78, 5) is 13.1. The number of rotatable bonds is 3. The third-order valence-electron chi connectivity index (χ3n) is 5.38. The van der Waals surface area contributed by atoms with Gasteiger partial charge in [0.2, 0.25) is 5.91 Å². The molecule has 0 saturated heterocycles. The van der Waals surface area contributed by atoms with Crippen molar-refractivity contribution < 1.29 is 9.21 Å². The molecule has 1 atom stereocenters.